The Morgan fingerprint density at radius 2 is 1.85 bits per heavy atom. The van der Waals surface area contributed by atoms with Crippen LogP contribution in [0.15, 0.2) is 50.1 Å². The highest BCUT2D eigenvalue weighted by molar-refractivity contribution is 9.10. The third kappa shape index (κ3) is 3.68. The summed E-state index contributed by atoms with van der Waals surface area (Å²) in [5.41, 5.74) is 2.22. The van der Waals surface area contributed by atoms with Gasteiger partial charge in [0, 0.05) is 27.7 Å². The van der Waals surface area contributed by atoms with Crippen molar-refractivity contribution in [2.75, 3.05) is 18.5 Å². The van der Waals surface area contributed by atoms with Crippen LogP contribution in [0.3, 0.4) is 0 Å². The minimum atomic E-state index is -0.413. The van der Waals surface area contributed by atoms with E-state index in [1.807, 2.05) is 19.1 Å². The Morgan fingerprint density at radius 1 is 1.11 bits per heavy atom. The molecule has 1 amide bonds. The summed E-state index contributed by atoms with van der Waals surface area (Å²) in [7, 11) is 0. The average molecular weight is 430 g/mol. The smallest absolute Gasteiger partial charge is 0.336 e. The second-order valence-corrected chi connectivity index (χ2v) is 7.13. The number of hydrogen-bond acceptors (Lipinski definition) is 5. The van der Waals surface area contributed by atoms with Gasteiger partial charge in [0.15, 0.2) is 11.5 Å². The molecule has 1 aromatic heterocycles. The van der Waals surface area contributed by atoms with Crippen LogP contribution in [0.25, 0.3) is 11.0 Å². The van der Waals surface area contributed by atoms with Gasteiger partial charge in [0.25, 0.3) is 0 Å². The SMILES string of the molecule is Cc1cc(=O)oc2cc(NC(=O)Cc3cc4c(cc3Br)OCCO4)ccc12. The summed E-state index contributed by atoms with van der Waals surface area (Å²) in [5.74, 6) is 1.11. The van der Waals surface area contributed by atoms with Gasteiger partial charge in [-0.25, -0.2) is 4.79 Å². The standard InChI is InChI=1S/C20H16BrNO5/c1-11-6-20(24)27-16-9-13(2-3-14(11)16)22-19(23)8-12-7-17-18(10-15(12)21)26-5-4-25-17/h2-3,6-7,9-10H,4-5,8H2,1H3,(H,22,23). The summed E-state index contributed by atoms with van der Waals surface area (Å²) in [6.45, 7) is 2.84. The van der Waals surface area contributed by atoms with E-state index in [9.17, 15) is 9.59 Å². The van der Waals surface area contributed by atoms with Gasteiger partial charge >= 0.3 is 5.63 Å². The molecular formula is C20H16BrNO5. The van der Waals surface area contributed by atoms with Crippen molar-refractivity contribution in [3.63, 3.8) is 0 Å². The number of carbonyl (C=O) groups excluding carboxylic acids is 1. The Morgan fingerprint density at radius 3 is 2.63 bits per heavy atom. The minimum Gasteiger partial charge on any atom is -0.486 e. The predicted molar refractivity (Wildman–Crippen MR) is 105 cm³/mol. The number of ether oxygens (including phenoxy) is 2. The maximum absolute atomic E-state index is 12.5. The molecule has 2 aromatic carbocycles. The van der Waals surface area contributed by atoms with Gasteiger partial charge in [-0.1, -0.05) is 15.9 Å². The Balaban J connectivity index is 1.54. The van der Waals surface area contributed by atoms with E-state index >= 15 is 0 Å². The third-order valence-electron chi connectivity index (χ3n) is 4.30. The van der Waals surface area contributed by atoms with E-state index in [1.165, 1.54) is 6.07 Å². The van der Waals surface area contributed by atoms with Crippen LogP contribution in [0, 0.1) is 6.92 Å². The van der Waals surface area contributed by atoms with Crippen molar-refractivity contribution in [2.45, 2.75) is 13.3 Å². The van der Waals surface area contributed by atoms with Crippen LogP contribution in [0.5, 0.6) is 11.5 Å². The summed E-state index contributed by atoms with van der Waals surface area (Å²) in [6, 6.07) is 10.3. The second kappa shape index (κ2) is 7.08. The summed E-state index contributed by atoms with van der Waals surface area (Å²) in [4.78, 5) is 24.0. The molecule has 7 heteroatoms. The molecular weight excluding hydrogens is 414 g/mol. The van der Waals surface area contributed by atoms with Crippen molar-refractivity contribution in [1.29, 1.82) is 0 Å². The number of aryl methyl sites for hydroxylation is 1. The summed E-state index contributed by atoms with van der Waals surface area (Å²) >= 11 is 3.47. The van der Waals surface area contributed by atoms with E-state index in [4.69, 9.17) is 13.9 Å². The minimum absolute atomic E-state index is 0.160. The van der Waals surface area contributed by atoms with Crippen LogP contribution in [-0.4, -0.2) is 19.1 Å². The third-order valence-corrected chi connectivity index (χ3v) is 5.04. The average Bonchev–Trinajstić information content (AvgIpc) is 2.61. The van der Waals surface area contributed by atoms with Gasteiger partial charge in [-0.05, 0) is 42.3 Å². The normalized spacial score (nSPS) is 12.8. The van der Waals surface area contributed by atoms with E-state index in [0.29, 0.717) is 36.0 Å². The number of hydrogen-bond donors (Lipinski definition) is 1. The van der Waals surface area contributed by atoms with Crippen LogP contribution in [-0.2, 0) is 11.2 Å². The zero-order valence-electron chi connectivity index (χ0n) is 14.5. The fourth-order valence-corrected chi connectivity index (χ4v) is 3.48. The zero-order valence-corrected chi connectivity index (χ0v) is 16.1. The molecule has 1 N–H and O–H groups in total. The number of carbonyl (C=O) groups is 1. The maximum atomic E-state index is 12.5. The molecule has 0 saturated carbocycles. The molecule has 0 aliphatic carbocycles. The lowest BCUT2D eigenvalue weighted by Gasteiger charge is -2.19. The van der Waals surface area contributed by atoms with Gasteiger partial charge in [0.05, 0.1) is 6.42 Å². The molecule has 0 unspecified atom stereocenters. The topological polar surface area (TPSA) is 77.8 Å². The first-order valence-electron chi connectivity index (χ1n) is 8.42. The largest absolute Gasteiger partial charge is 0.486 e. The fourth-order valence-electron chi connectivity index (χ4n) is 3.02. The number of nitrogens with one attached hydrogen (secondary N) is 1. The van der Waals surface area contributed by atoms with Crippen molar-refractivity contribution in [1.82, 2.24) is 0 Å². The zero-order chi connectivity index (χ0) is 19.0. The first-order chi connectivity index (χ1) is 13.0. The van der Waals surface area contributed by atoms with E-state index in [1.54, 1.807) is 18.2 Å². The molecule has 3 aromatic rings. The van der Waals surface area contributed by atoms with E-state index < -0.39 is 5.63 Å². The van der Waals surface area contributed by atoms with Crippen molar-refractivity contribution in [2.24, 2.45) is 0 Å². The summed E-state index contributed by atoms with van der Waals surface area (Å²) < 4.78 is 17.1. The Labute approximate surface area is 163 Å². The highest BCUT2D eigenvalue weighted by Crippen LogP contribution is 2.35. The number of amides is 1. The first kappa shape index (κ1) is 17.6. The molecule has 2 heterocycles. The Bertz CT molecular complexity index is 1110. The summed E-state index contributed by atoms with van der Waals surface area (Å²) in [6.07, 6.45) is 0.160. The molecule has 1 aliphatic rings. The number of anilines is 1. The maximum Gasteiger partial charge on any atom is 0.336 e. The fraction of sp³-hybridized carbons (Fsp3) is 0.200. The lowest BCUT2D eigenvalue weighted by atomic mass is 10.1. The van der Waals surface area contributed by atoms with Gasteiger partial charge in [-0.2, -0.15) is 0 Å². The molecule has 27 heavy (non-hydrogen) atoms. The van der Waals surface area contributed by atoms with Crippen LogP contribution >= 0.6 is 15.9 Å². The molecule has 138 valence electrons. The Kier molecular flexibility index (Phi) is 4.61. The van der Waals surface area contributed by atoms with Crippen LogP contribution in [0.4, 0.5) is 5.69 Å². The van der Waals surface area contributed by atoms with E-state index in [-0.39, 0.29) is 12.3 Å². The monoisotopic (exact) mass is 429 g/mol. The van der Waals surface area contributed by atoms with Crippen LogP contribution in [0.1, 0.15) is 11.1 Å². The van der Waals surface area contributed by atoms with Crippen molar-refractivity contribution < 1.29 is 18.7 Å². The number of fused-ring (bicyclic) bond motifs is 2. The van der Waals surface area contributed by atoms with Crippen molar-refractivity contribution in [3.8, 4) is 11.5 Å². The second-order valence-electron chi connectivity index (χ2n) is 6.27. The molecule has 1 aliphatic heterocycles. The van der Waals surface area contributed by atoms with E-state index in [2.05, 4.69) is 21.2 Å². The number of benzene rings is 2. The molecule has 0 fully saturated rings. The molecule has 0 radical (unpaired) electrons. The van der Waals surface area contributed by atoms with E-state index in [0.717, 1.165) is 21.0 Å². The summed E-state index contributed by atoms with van der Waals surface area (Å²) in [5, 5.41) is 3.67. The van der Waals surface area contributed by atoms with Gasteiger partial charge < -0.3 is 19.2 Å². The molecule has 0 bridgehead atoms. The highest BCUT2D eigenvalue weighted by atomic mass is 79.9. The highest BCUT2D eigenvalue weighted by Gasteiger charge is 2.17. The predicted octanol–water partition coefficient (Wildman–Crippen LogP) is 3.82. The lowest BCUT2D eigenvalue weighted by Crippen LogP contribution is -2.17. The van der Waals surface area contributed by atoms with Crippen molar-refractivity contribution >= 4 is 38.5 Å². The molecule has 4 rings (SSSR count). The lowest BCUT2D eigenvalue weighted by molar-refractivity contribution is -0.115. The van der Waals surface area contributed by atoms with Gasteiger partial charge in [0.1, 0.15) is 18.8 Å². The molecule has 6 nitrogen and oxygen atoms in total. The van der Waals surface area contributed by atoms with Gasteiger partial charge in [-0.3, -0.25) is 4.79 Å². The quantitative estimate of drug-likeness (QED) is 0.640. The molecule has 0 saturated heterocycles. The van der Waals surface area contributed by atoms with Crippen LogP contribution in [0.2, 0.25) is 0 Å². The van der Waals surface area contributed by atoms with Gasteiger partial charge in [0.2, 0.25) is 5.91 Å². The number of rotatable bonds is 3. The Hall–Kier alpha value is -2.80. The van der Waals surface area contributed by atoms with Crippen molar-refractivity contribution in [3.05, 3.63) is 62.4 Å². The molecule has 0 spiro atoms. The number of halogens is 1. The van der Waals surface area contributed by atoms with Gasteiger partial charge in [-0.15, -0.1) is 0 Å². The van der Waals surface area contributed by atoms with Crippen LogP contribution < -0.4 is 20.4 Å². The molecule has 0 atom stereocenters. The first-order valence-corrected chi connectivity index (χ1v) is 9.21.